The molecule has 0 aliphatic heterocycles. The van der Waals surface area contributed by atoms with E-state index in [1.807, 2.05) is 12.1 Å². The summed E-state index contributed by atoms with van der Waals surface area (Å²) in [4.78, 5) is 19.2. The zero-order chi connectivity index (χ0) is 14.3. The molecule has 102 valence electrons. The van der Waals surface area contributed by atoms with Gasteiger partial charge in [-0.05, 0) is 41.1 Å². The molecule has 0 bridgehead atoms. The van der Waals surface area contributed by atoms with Crippen molar-refractivity contribution in [1.82, 2.24) is 9.97 Å². The number of hydrogen-bond donors (Lipinski definition) is 1. The van der Waals surface area contributed by atoms with Crippen LogP contribution in [0.15, 0.2) is 33.3 Å². The van der Waals surface area contributed by atoms with Gasteiger partial charge in [-0.3, -0.25) is 0 Å². The van der Waals surface area contributed by atoms with Gasteiger partial charge in [0.1, 0.15) is 5.69 Å². The Morgan fingerprint density at radius 1 is 1.30 bits per heavy atom. The highest BCUT2D eigenvalue weighted by Crippen LogP contribution is 2.33. The third-order valence-corrected chi connectivity index (χ3v) is 4.08. The van der Waals surface area contributed by atoms with Crippen LogP contribution >= 0.6 is 31.9 Å². The number of pyridine rings is 1. The summed E-state index contributed by atoms with van der Waals surface area (Å²) in [7, 11) is 0. The van der Waals surface area contributed by atoms with E-state index >= 15 is 0 Å². The molecule has 2 aromatic heterocycles. The number of H-pyrrole nitrogens is 1. The number of fused-ring (bicyclic) bond motifs is 3. The molecule has 0 spiro atoms. The Morgan fingerprint density at radius 2 is 2.10 bits per heavy atom. The molecule has 3 rings (SSSR count). The minimum Gasteiger partial charge on any atom is -0.461 e. The van der Waals surface area contributed by atoms with Crippen LogP contribution in [0.2, 0.25) is 0 Å². The topological polar surface area (TPSA) is 55.0 Å². The maximum Gasteiger partial charge on any atom is 0.356 e. The smallest absolute Gasteiger partial charge is 0.356 e. The van der Waals surface area contributed by atoms with Crippen molar-refractivity contribution < 1.29 is 9.53 Å². The third-order valence-electron chi connectivity index (χ3n) is 2.99. The van der Waals surface area contributed by atoms with Gasteiger partial charge >= 0.3 is 5.97 Å². The molecule has 4 nitrogen and oxygen atoms in total. The predicted octanol–water partition coefficient (Wildman–Crippen LogP) is 4.42. The van der Waals surface area contributed by atoms with E-state index in [-0.39, 0.29) is 0 Å². The maximum absolute atomic E-state index is 11.8. The number of aromatic amines is 1. The van der Waals surface area contributed by atoms with E-state index in [1.54, 1.807) is 19.2 Å². The second-order valence-electron chi connectivity index (χ2n) is 4.27. The lowest BCUT2D eigenvalue weighted by atomic mass is 10.1. The Morgan fingerprint density at radius 3 is 2.85 bits per heavy atom. The van der Waals surface area contributed by atoms with Crippen molar-refractivity contribution in [2.45, 2.75) is 6.92 Å². The van der Waals surface area contributed by atoms with E-state index in [1.165, 1.54) is 0 Å². The van der Waals surface area contributed by atoms with Crippen molar-refractivity contribution in [3.8, 4) is 0 Å². The molecule has 0 saturated heterocycles. The molecule has 2 heterocycles. The quantitative estimate of drug-likeness (QED) is 0.651. The molecule has 0 atom stereocenters. The summed E-state index contributed by atoms with van der Waals surface area (Å²) in [5.41, 5.74) is 2.18. The number of carbonyl (C=O) groups excluding carboxylic acids is 1. The van der Waals surface area contributed by atoms with E-state index < -0.39 is 5.97 Å². The number of ether oxygens (including phenoxy) is 1. The standard InChI is InChI=1S/C14H10Br2N2O2/c1-2-20-14(19)11-5-8-9-3-7(15)4-10(16)13(9)18-12(8)6-17-11/h3-6,18H,2H2,1H3. The second kappa shape index (κ2) is 5.18. The summed E-state index contributed by atoms with van der Waals surface area (Å²) < 4.78 is 6.90. The first-order chi connectivity index (χ1) is 9.60. The van der Waals surface area contributed by atoms with Crippen molar-refractivity contribution >= 4 is 59.6 Å². The molecule has 0 amide bonds. The lowest BCUT2D eigenvalue weighted by Crippen LogP contribution is -2.06. The molecule has 0 aliphatic carbocycles. The van der Waals surface area contributed by atoms with Gasteiger partial charge in [-0.15, -0.1) is 0 Å². The van der Waals surface area contributed by atoms with Crippen molar-refractivity contribution in [3.63, 3.8) is 0 Å². The molecule has 1 aromatic carbocycles. The molecule has 1 N–H and O–H groups in total. The average molecular weight is 398 g/mol. The minimum atomic E-state index is -0.405. The normalized spacial score (nSPS) is 11.2. The van der Waals surface area contributed by atoms with Gasteiger partial charge in [0.25, 0.3) is 0 Å². The fourth-order valence-corrected chi connectivity index (χ4v) is 3.47. The molecule has 3 aromatic rings. The Hall–Kier alpha value is -1.40. The van der Waals surface area contributed by atoms with Gasteiger partial charge in [0.15, 0.2) is 0 Å². The summed E-state index contributed by atoms with van der Waals surface area (Å²) in [5.74, 6) is -0.405. The van der Waals surface area contributed by atoms with Crippen LogP contribution < -0.4 is 0 Å². The molecule has 6 heteroatoms. The first-order valence-electron chi connectivity index (χ1n) is 6.03. The fraction of sp³-hybridized carbons (Fsp3) is 0.143. The van der Waals surface area contributed by atoms with Crippen LogP contribution in [0.25, 0.3) is 21.8 Å². The highest BCUT2D eigenvalue weighted by molar-refractivity contribution is 9.11. The summed E-state index contributed by atoms with van der Waals surface area (Å²) in [6, 6.07) is 5.73. The van der Waals surface area contributed by atoms with E-state index in [0.29, 0.717) is 12.3 Å². The second-order valence-corrected chi connectivity index (χ2v) is 6.04. The van der Waals surface area contributed by atoms with Crippen LogP contribution in [0.1, 0.15) is 17.4 Å². The van der Waals surface area contributed by atoms with Gasteiger partial charge in [0.05, 0.1) is 23.8 Å². The van der Waals surface area contributed by atoms with E-state index in [9.17, 15) is 4.79 Å². The number of carbonyl (C=O) groups is 1. The maximum atomic E-state index is 11.8. The number of esters is 1. The number of hydrogen-bond acceptors (Lipinski definition) is 3. The van der Waals surface area contributed by atoms with Crippen molar-refractivity contribution in [2.24, 2.45) is 0 Å². The lowest BCUT2D eigenvalue weighted by molar-refractivity contribution is 0.0520. The SMILES string of the molecule is CCOC(=O)c1cc2c(cn1)[nH]c1c(Br)cc(Br)cc12. The molecule has 0 radical (unpaired) electrons. The molecule has 0 saturated carbocycles. The Balaban J connectivity index is 2.27. The average Bonchev–Trinajstić information content (AvgIpc) is 2.77. The molecule has 0 fully saturated rings. The third kappa shape index (κ3) is 2.23. The number of halogens is 2. The van der Waals surface area contributed by atoms with Gasteiger partial charge in [0.2, 0.25) is 0 Å². The molecular weight excluding hydrogens is 388 g/mol. The summed E-state index contributed by atoms with van der Waals surface area (Å²) in [6.07, 6.45) is 1.65. The van der Waals surface area contributed by atoms with E-state index in [2.05, 4.69) is 41.8 Å². The summed E-state index contributed by atoms with van der Waals surface area (Å²) >= 11 is 7.00. The van der Waals surface area contributed by atoms with Gasteiger partial charge < -0.3 is 9.72 Å². The van der Waals surface area contributed by atoms with Gasteiger partial charge in [-0.25, -0.2) is 9.78 Å². The number of aromatic nitrogens is 2. The fourth-order valence-electron chi connectivity index (χ4n) is 2.14. The number of benzene rings is 1. The van der Waals surface area contributed by atoms with Gasteiger partial charge in [-0.2, -0.15) is 0 Å². The Bertz CT molecular complexity index is 827. The van der Waals surface area contributed by atoms with Crippen molar-refractivity contribution in [3.05, 3.63) is 39.0 Å². The molecule has 20 heavy (non-hydrogen) atoms. The zero-order valence-corrected chi connectivity index (χ0v) is 13.7. The first kappa shape index (κ1) is 13.6. The molecular formula is C14H10Br2N2O2. The number of nitrogens with one attached hydrogen (secondary N) is 1. The van der Waals surface area contributed by atoms with Crippen LogP contribution in [0, 0.1) is 0 Å². The van der Waals surface area contributed by atoms with E-state index in [4.69, 9.17) is 4.74 Å². The van der Waals surface area contributed by atoms with Crippen molar-refractivity contribution in [1.29, 1.82) is 0 Å². The summed E-state index contributed by atoms with van der Waals surface area (Å²) in [5, 5.41) is 1.97. The first-order valence-corrected chi connectivity index (χ1v) is 7.62. The predicted molar refractivity (Wildman–Crippen MR) is 85.0 cm³/mol. The Kier molecular flexibility index (Phi) is 3.52. The van der Waals surface area contributed by atoms with Gasteiger partial charge in [-0.1, -0.05) is 15.9 Å². The molecule has 0 aliphatic rings. The van der Waals surface area contributed by atoms with Crippen LogP contribution in [-0.2, 0) is 4.74 Å². The number of rotatable bonds is 2. The summed E-state index contributed by atoms with van der Waals surface area (Å²) in [6.45, 7) is 2.11. The highest BCUT2D eigenvalue weighted by Gasteiger charge is 2.13. The minimum absolute atomic E-state index is 0.316. The lowest BCUT2D eigenvalue weighted by Gasteiger charge is -2.00. The Labute approximate surface area is 131 Å². The van der Waals surface area contributed by atoms with Crippen LogP contribution in [-0.4, -0.2) is 22.5 Å². The highest BCUT2D eigenvalue weighted by atomic mass is 79.9. The van der Waals surface area contributed by atoms with Crippen LogP contribution in [0.3, 0.4) is 0 Å². The monoisotopic (exact) mass is 396 g/mol. The molecule has 0 unspecified atom stereocenters. The van der Waals surface area contributed by atoms with Crippen LogP contribution in [0.5, 0.6) is 0 Å². The zero-order valence-electron chi connectivity index (χ0n) is 10.5. The van der Waals surface area contributed by atoms with Gasteiger partial charge in [0, 0.05) is 19.7 Å². The van der Waals surface area contributed by atoms with Crippen LogP contribution in [0.4, 0.5) is 0 Å². The van der Waals surface area contributed by atoms with E-state index in [0.717, 1.165) is 30.8 Å². The number of nitrogens with zero attached hydrogens (tertiary/aromatic N) is 1. The van der Waals surface area contributed by atoms with Crippen molar-refractivity contribution in [2.75, 3.05) is 6.61 Å². The largest absolute Gasteiger partial charge is 0.461 e.